The Morgan fingerprint density at radius 3 is 1.43 bits per heavy atom. The molecule has 10 unspecified atom stereocenters. The lowest BCUT2D eigenvalue weighted by atomic mass is 9.56. The summed E-state index contributed by atoms with van der Waals surface area (Å²) in [5.74, 6) is 7.18. The van der Waals surface area contributed by atoms with Crippen molar-refractivity contribution in [2.45, 2.75) is 93.3 Å². The molecule has 4 aromatic rings. The molecule has 3 spiro atoms. The van der Waals surface area contributed by atoms with E-state index in [1.807, 2.05) is 0 Å². The molecular weight excluding hydrogens is 620 g/mol. The maximum Gasteiger partial charge on any atom is 0.0726 e. The summed E-state index contributed by atoms with van der Waals surface area (Å²) in [6.07, 6.45) is 14.8. The van der Waals surface area contributed by atoms with Crippen LogP contribution in [0.1, 0.15) is 132 Å². The van der Waals surface area contributed by atoms with Gasteiger partial charge in [0.15, 0.2) is 0 Å². The molecule has 10 aliphatic rings. The molecule has 6 fully saturated rings. The molecule has 0 amide bonds. The van der Waals surface area contributed by atoms with Gasteiger partial charge in [-0.2, -0.15) is 0 Å². The molecule has 226 valence electrons. The summed E-state index contributed by atoms with van der Waals surface area (Å²) in [6, 6.07) is 28.0. The Bertz CT molecular complexity index is 2070. The Labute approximate surface area is 280 Å². The van der Waals surface area contributed by atoms with E-state index in [1.54, 1.807) is 44.5 Å². The van der Waals surface area contributed by atoms with Crippen LogP contribution in [0.3, 0.4) is 0 Å². The summed E-state index contributed by atoms with van der Waals surface area (Å²) < 4.78 is 1.21. The summed E-state index contributed by atoms with van der Waals surface area (Å²) >= 11 is 3.98. The number of halogens is 1. The van der Waals surface area contributed by atoms with E-state index in [0.29, 0.717) is 10.8 Å². The number of hydrogen-bond acceptors (Lipinski definition) is 0. The van der Waals surface area contributed by atoms with Crippen molar-refractivity contribution < 1.29 is 0 Å². The highest BCUT2D eigenvalue weighted by atomic mass is 79.9. The first kappa shape index (κ1) is 24.5. The molecule has 0 nitrogen and oxygen atoms in total. The van der Waals surface area contributed by atoms with Gasteiger partial charge in [0.2, 0.25) is 0 Å². The van der Waals surface area contributed by atoms with Gasteiger partial charge in [0.25, 0.3) is 0 Å². The first-order chi connectivity index (χ1) is 22.5. The van der Waals surface area contributed by atoms with Gasteiger partial charge in [-0.05, 0) is 201 Å². The number of rotatable bonds is 0. The van der Waals surface area contributed by atoms with E-state index >= 15 is 0 Å². The van der Waals surface area contributed by atoms with Crippen LogP contribution in [0.15, 0.2) is 71.2 Å². The lowest BCUT2D eigenvalue weighted by Gasteiger charge is -2.48. The van der Waals surface area contributed by atoms with Gasteiger partial charge in [-0.3, -0.25) is 0 Å². The van der Waals surface area contributed by atoms with Crippen LogP contribution in [0, 0.1) is 34.5 Å². The van der Waals surface area contributed by atoms with Crippen LogP contribution in [-0.4, -0.2) is 0 Å². The highest BCUT2D eigenvalue weighted by Gasteiger charge is 2.67. The smallest absolute Gasteiger partial charge is 0.0619 e. The second-order valence-electron chi connectivity index (χ2n) is 18.3. The van der Waals surface area contributed by atoms with Crippen LogP contribution < -0.4 is 0 Å². The largest absolute Gasteiger partial charge is 0.0726 e. The summed E-state index contributed by atoms with van der Waals surface area (Å²) in [4.78, 5) is 0. The molecule has 6 saturated carbocycles. The Morgan fingerprint density at radius 1 is 0.435 bits per heavy atom. The fourth-order valence-electron chi connectivity index (χ4n) is 16.0. The van der Waals surface area contributed by atoms with Gasteiger partial charge in [-0.15, -0.1) is 0 Å². The molecule has 6 bridgehead atoms. The van der Waals surface area contributed by atoms with Crippen LogP contribution in [0.5, 0.6) is 0 Å². The second kappa shape index (κ2) is 7.34. The average molecular weight is 660 g/mol. The van der Waals surface area contributed by atoms with E-state index in [2.05, 4.69) is 82.7 Å². The third-order valence-corrected chi connectivity index (χ3v) is 18.0. The van der Waals surface area contributed by atoms with Gasteiger partial charge >= 0.3 is 0 Å². The van der Waals surface area contributed by atoms with Crippen molar-refractivity contribution in [3.05, 3.63) is 116 Å². The molecule has 10 aliphatic carbocycles. The first-order valence-electron chi connectivity index (χ1n) is 18.8. The van der Waals surface area contributed by atoms with Crippen LogP contribution in [0.25, 0.3) is 22.3 Å². The third kappa shape index (κ3) is 2.35. The lowest BCUT2D eigenvalue weighted by Crippen LogP contribution is -2.41. The topological polar surface area (TPSA) is 0 Å². The molecule has 0 aromatic heterocycles. The Hall–Kier alpha value is -2.64. The molecule has 1 heteroatoms. The Morgan fingerprint density at radius 2 is 0.891 bits per heavy atom. The number of fused-ring (bicyclic) bond motifs is 20. The van der Waals surface area contributed by atoms with E-state index in [4.69, 9.17) is 0 Å². The summed E-state index contributed by atoms with van der Waals surface area (Å²) in [5, 5.41) is 0. The minimum absolute atomic E-state index is 0.224. The molecule has 0 heterocycles. The van der Waals surface area contributed by atoms with Crippen molar-refractivity contribution in [3.8, 4) is 22.3 Å². The fraction of sp³-hybridized carbons (Fsp3) is 0.467. The van der Waals surface area contributed by atoms with Crippen molar-refractivity contribution in [1.29, 1.82) is 0 Å². The average Bonchev–Trinajstić information content (AvgIpc) is 3.82. The van der Waals surface area contributed by atoms with Crippen LogP contribution >= 0.6 is 15.9 Å². The maximum absolute atomic E-state index is 3.98. The summed E-state index contributed by atoms with van der Waals surface area (Å²) in [7, 11) is 0. The van der Waals surface area contributed by atoms with Crippen LogP contribution in [0.2, 0.25) is 0 Å². The maximum atomic E-state index is 3.98. The minimum Gasteiger partial charge on any atom is -0.0619 e. The number of benzene rings is 4. The molecule has 4 aromatic carbocycles. The predicted molar refractivity (Wildman–Crippen MR) is 186 cm³/mol. The van der Waals surface area contributed by atoms with E-state index in [0.717, 1.165) is 47.3 Å². The molecular formula is C45H39Br. The zero-order valence-corrected chi connectivity index (χ0v) is 28.0. The van der Waals surface area contributed by atoms with Crippen LogP contribution in [-0.2, 0) is 5.41 Å². The van der Waals surface area contributed by atoms with E-state index in [-0.39, 0.29) is 5.41 Å². The van der Waals surface area contributed by atoms with Gasteiger partial charge in [0.05, 0.1) is 5.41 Å². The third-order valence-electron chi connectivity index (χ3n) is 17.5. The zero-order valence-electron chi connectivity index (χ0n) is 26.4. The normalized spacial score (nSPS) is 43.6. The molecule has 0 N–H and O–H groups in total. The summed E-state index contributed by atoms with van der Waals surface area (Å²) in [5.41, 5.74) is 20.6. The Balaban J connectivity index is 1.11. The van der Waals surface area contributed by atoms with Crippen LogP contribution in [0.4, 0.5) is 0 Å². The van der Waals surface area contributed by atoms with Crippen molar-refractivity contribution in [2.75, 3.05) is 0 Å². The van der Waals surface area contributed by atoms with E-state index in [9.17, 15) is 0 Å². The molecule has 0 radical (unpaired) electrons. The SMILES string of the molecule is Brc1ccc2c(c1)C1(c3ccccc3-2)c2cc3c(cc2-c2cc4c(cc21)C1CC2CC5CC4CC52C1)C1CC2CC4CC3CC24C1. The first-order valence-corrected chi connectivity index (χ1v) is 19.6. The molecule has 10 atom stereocenters. The van der Waals surface area contributed by atoms with Crippen molar-refractivity contribution >= 4 is 15.9 Å². The van der Waals surface area contributed by atoms with Crippen molar-refractivity contribution in [2.24, 2.45) is 34.5 Å². The quantitative estimate of drug-likeness (QED) is 0.152. The number of hydrogen-bond donors (Lipinski definition) is 0. The molecule has 14 rings (SSSR count). The zero-order chi connectivity index (χ0) is 29.5. The highest BCUT2D eigenvalue weighted by Crippen LogP contribution is 2.78. The monoisotopic (exact) mass is 658 g/mol. The van der Waals surface area contributed by atoms with Gasteiger partial charge < -0.3 is 0 Å². The molecule has 0 saturated heterocycles. The van der Waals surface area contributed by atoms with E-state index < -0.39 is 0 Å². The van der Waals surface area contributed by atoms with E-state index in [1.165, 1.54) is 90.9 Å². The molecule has 46 heavy (non-hydrogen) atoms. The summed E-state index contributed by atoms with van der Waals surface area (Å²) in [6.45, 7) is 0. The fourth-order valence-corrected chi connectivity index (χ4v) is 16.4. The Kier molecular flexibility index (Phi) is 3.91. The standard InChI is InChI=1S/C45H39Br/c46-30-5-6-32-31-3-1-2-4-39(31)45(40(32)13-30)41-16-35-24-9-28-11-26-7-22(18-43(26,28)20-24)33(35)14-37(41)38-15-34-23-8-27-12-29-10-25(21-44(27,29)19-23)36(34)17-42(38)45/h1-6,13-17,22-29H,7-12,18-21H2. The van der Waals surface area contributed by atoms with Gasteiger partial charge in [0.1, 0.15) is 0 Å². The van der Waals surface area contributed by atoms with Gasteiger partial charge in [-0.1, -0.05) is 70.5 Å². The van der Waals surface area contributed by atoms with Gasteiger partial charge in [0, 0.05) is 4.47 Å². The van der Waals surface area contributed by atoms with Crippen molar-refractivity contribution in [3.63, 3.8) is 0 Å². The highest BCUT2D eigenvalue weighted by molar-refractivity contribution is 9.10. The molecule has 0 aliphatic heterocycles. The predicted octanol–water partition coefficient (Wildman–Crippen LogP) is 11.6. The minimum atomic E-state index is -0.224. The van der Waals surface area contributed by atoms with Crippen molar-refractivity contribution in [1.82, 2.24) is 0 Å². The van der Waals surface area contributed by atoms with Gasteiger partial charge in [-0.25, -0.2) is 0 Å². The lowest BCUT2D eigenvalue weighted by molar-refractivity contribution is 0.00321. The second-order valence-corrected chi connectivity index (χ2v) is 19.2.